The maximum atomic E-state index is 13.7. The maximum Gasteiger partial charge on any atom is 0.293 e. The summed E-state index contributed by atoms with van der Waals surface area (Å²) in [6.07, 6.45) is 0.331. The number of nitro benzene ring substituents is 1. The minimum absolute atomic E-state index is 0.138. The third-order valence-electron chi connectivity index (χ3n) is 4.44. The Bertz CT molecular complexity index is 961. The van der Waals surface area contributed by atoms with Gasteiger partial charge in [0, 0.05) is 25.7 Å². The van der Waals surface area contributed by atoms with Crippen LogP contribution in [0.1, 0.15) is 5.56 Å². The van der Waals surface area contributed by atoms with Gasteiger partial charge in [-0.3, -0.25) is 10.1 Å². The van der Waals surface area contributed by atoms with E-state index in [0.29, 0.717) is 12.0 Å². The standard InChI is InChI=1S/C18H20FN3O5S/c19-16-4-2-1-3-14(16)7-8-20-17-6-5-15(13-18(17)22(23)24)28(25,26)21-9-11-27-12-10-21/h1-6,13,20H,7-12H2. The van der Waals surface area contributed by atoms with Crippen molar-refractivity contribution in [1.29, 1.82) is 0 Å². The number of hydrogen-bond donors (Lipinski definition) is 1. The van der Waals surface area contributed by atoms with Gasteiger partial charge in [-0.25, -0.2) is 12.8 Å². The molecule has 0 atom stereocenters. The molecular weight excluding hydrogens is 389 g/mol. The number of anilines is 1. The third kappa shape index (κ3) is 4.46. The molecule has 0 amide bonds. The van der Waals surface area contributed by atoms with E-state index in [-0.39, 0.29) is 54.9 Å². The first kappa shape index (κ1) is 20.2. The van der Waals surface area contributed by atoms with Crippen LogP contribution in [0.25, 0.3) is 0 Å². The molecule has 1 N–H and O–H groups in total. The van der Waals surface area contributed by atoms with Crippen LogP contribution < -0.4 is 5.32 Å². The summed E-state index contributed by atoms with van der Waals surface area (Å²) < 4.78 is 45.5. The van der Waals surface area contributed by atoms with Gasteiger partial charge in [-0.1, -0.05) is 18.2 Å². The summed E-state index contributed by atoms with van der Waals surface area (Å²) in [5, 5.41) is 14.3. The summed E-state index contributed by atoms with van der Waals surface area (Å²) >= 11 is 0. The quantitative estimate of drug-likeness (QED) is 0.557. The zero-order valence-corrected chi connectivity index (χ0v) is 15.8. The summed E-state index contributed by atoms with van der Waals surface area (Å²) in [5.74, 6) is -0.342. The Morgan fingerprint density at radius 3 is 2.57 bits per heavy atom. The Morgan fingerprint density at radius 2 is 1.89 bits per heavy atom. The van der Waals surface area contributed by atoms with Crippen molar-refractivity contribution in [2.45, 2.75) is 11.3 Å². The van der Waals surface area contributed by atoms with Gasteiger partial charge >= 0.3 is 0 Å². The average Bonchev–Trinajstić information content (AvgIpc) is 2.70. The van der Waals surface area contributed by atoms with E-state index in [0.717, 1.165) is 6.07 Å². The molecule has 8 nitrogen and oxygen atoms in total. The van der Waals surface area contributed by atoms with Crippen molar-refractivity contribution < 1.29 is 22.5 Å². The highest BCUT2D eigenvalue weighted by Gasteiger charge is 2.28. The van der Waals surface area contributed by atoms with Crippen molar-refractivity contribution in [1.82, 2.24) is 4.31 Å². The average molecular weight is 409 g/mol. The van der Waals surface area contributed by atoms with Gasteiger partial charge in [0.15, 0.2) is 0 Å². The lowest BCUT2D eigenvalue weighted by molar-refractivity contribution is -0.384. The normalized spacial score (nSPS) is 15.3. The molecule has 28 heavy (non-hydrogen) atoms. The van der Waals surface area contributed by atoms with Crippen LogP contribution in [0, 0.1) is 15.9 Å². The highest BCUT2D eigenvalue weighted by Crippen LogP contribution is 2.29. The van der Waals surface area contributed by atoms with Crippen molar-refractivity contribution in [3.8, 4) is 0 Å². The fourth-order valence-electron chi connectivity index (χ4n) is 2.94. The lowest BCUT2D eigenvalue weighted by Crippen LogP contribution is -2.40. The van der Waals surface area contributed by atoms with Crippen molar-refractivity contribution >= 4 is 21.4 Å². The van der Waals surface area contributed by atoms with Gasteiger partial charge in [-0.2, -0.15) is 4.31 Å². The molecular formula is C18H20FN3O5S. The van der Waals surface area contributed by atoms with Crippen molar-refractivity contribution in [2.75, 3.05) is 38.2 Å². The predicted molar refractivity (Wildman–Crippen MR) is 101 cm³/mol. The highest BCUT2D eigenvalue weighted by atomic mass is 32.2. The summed E-state index contributed by atoms with van der Waals surface area (Å²) in [7, 11) is -3.83. The highest BCUT2D eigenvalue weighted by molar-refractivity contribution is 7.89. The molecule has 3 rings (SSSR count). The van der Waals surface area contributed by atoms with Crippen LogP contribution in [0.15, 0.2) is 47.4 Å². The van der Waals surface area contributed by atoms with E-state index in [4.69, 9.17) is 4.74 Å². The molecule has 1 aliphatic heterocycles. The van der Waals surface area contributed by atoms with E-state index in [1.54, 1.807) is 18.2 Å². The fourth-order valence-corrected chi connectivity index (χ4v) is 4.37. The molecule has 10 heteroatoms. The Kier molecular flexibility index (Phi) is 6.22. The Labute approximate surface area is 162 Å². The van der Waals surface area contributed by atoms with Crippen LogP contribution in [0.2, 0.25) is 0 Å². The van der Waals surface area contributed by atoms with Gasteiger partial charge in [-0.05, 0) is 30.2 Å². The third-order valence-corrected chi connectivity index (χ3v) is 6.34. The second-order valence-corrected chi connectivity index (χ2v) is 8.16. The number of benzene rings is 2. The first-order valence-corrected chi connectivity index (χ1v) is 10.2. The number of halogens is 1. The molecule has 1 saturated heterocycles. The van der Waals surface area contributed by atoms with E-state index < -0.39 is 14.9 Å². The molecule has 0 radical (unpaired) electrons. The van der Waals surface area contributed by atoms with Crippen LogP contribution in [-0.2, 0) is 21.2 Å². The molecule has 1 heterocycles. The first-order valence-electron chi connectivity index (χ1n) is 8.73. The molecule has 1 fully saturated rings. The predicted octanol–water partition coefficient (Wildman–Crippen LogP) is 2.41. The molecule has 0 spiro atoms. The van der Waals surface area contributed by atoms with Gasteiger partial charge in [0.1, 0.15) is 11.5 Å². The van der Waals surface area contributed by atoms with Crippen molar-refractivity contribution in [3.63, 3.8) is 0 Å². The van der Waals surface area contributed by atoms with Crippen LogP contribution in [0.5, 0.6) is 0 Å². The molecule has 1 aliphatic rings. The number of hydrogen-bond acceptors (Lipinski definition) is 6. The first-order chi connectivity index (χ1) is 13.4. The summed E-state index contributed by atoms with van der Waals surface area (Å²) in [5.41, 5.74) is 0.328. The second kappa shape index (κ2) is 8.63. The number of ether oxygens (including phenoxy) is 1. The smallest absolute Gasteiger partial charge is 0.293 e. The van der Waals surface area contributed by atoms with E-state index in [1.165, 1.54) is 22.5 Å². The topological polar surface area (TPSA) is 102 Å². The SMILES string of the molecule is O=[N+]([O-])c1cc(S(=O)(=O)N2CCOCC2)ccc1NCCc1ccccc1F. The minimum Gasteiger partial charge on any atom is -0.379 e. The number of nitrogens with one attached hydrogen (secondary N) is 1. The zero-order chi connectivity index (χ0) is 20.1. The molecule has 0 bridgehead atoms. The molecule has 0 unspecified atom stereocenters. The number of morpholine rings is 1. The molecule has 0 saturated carbocycles. The largest absolute Gasteiger partial charge is 0.379 e. The van der Waals surface area contributed by atoms with Gasteiger partial charge < -0.3 is 10.1 Å². The van der Waals surface area contributed by atoms with E-state index >= 15 is 0 Å². The molecule has 2 aromatic rings. The minimum atomic E-state index is -3.83. The number of nitrogens with zero attached hydrogens (tertiary/aromatic N) is 2. The molecule has 0 aromatic heterocycles. The van der Waals surface area contributed by atoms with Gasteiger partial charge in [0.25, 0.3) is 5.69 Å². The Hall–Kier alpha value is -2.56. The Morgan fingerprint density at radius 1 is 1.18 bits per heavy atom. The van der Waals surface area contributed by atoms with Crippen LogP contribution in [0.3, 0.4) is 0 Å². The lowest BCUT2D eigenvalue weighted by Gasteiger charge is -2.26. The molecule has 0 aliphatic carbocycles. The maximum absolute atomic E-state index is 13.7. The molecule has 150 valence electrons. The second-order valence-electron chi connectivity index (χ2n) is 6.22. The monoisotopic (exact) mass is 409 g/mol. The number of rotatable bonds is 7. The van der Waals surface area contributed by atoms with Gasteiger partial charge in [0.2, 0.25) is 10.0 Å². The number of nitro groups is 1. The zero-order valence-electron chi connectivity index (χ0n) is 15.0. The van der Waals surface area contributed by atoms with Crippen LogP contribution in [0.4, 0.5) is 15.8 Å². The van der Waals surface area contributed by atoms with Gasteiger partial charge in [0.05, 0.1) is 23.0 Å². The van der Waals surface area contributed by atoms with Crippen LogP contribution >= 0.6 is 0 Å². The van der Waals surface area contributed by atoms with Crippen molar-refractivity contribution in [2.24, 2.45) is 0 Å². The van der Waals surface area contributed by atoms with E-state index in [2.05, 4.69) is 5.32 Å². The summed E-state index contributed by atoms with van der Waals surface area (Å²) in [6.45, 7) is 1.25. The Balaban J connectivity index is 1.77. The summed E-state index contributed by atoms with van der Waals surface area (Å²) in [4.78, 5) is 10.7. The lowest BCUT2D eigenvalue weighted by atomic mass is 10.1. The fraction of sp³-hybridized carbons (Fsp3) is 0.333. The van der Waals surface area contributed by atoms with E-state index in [1.807, 2.05) is 0 Å². The van der Waals surface area contributed by atoms with Crippen LogP contribution in [-0.4, -0.2) is 50.5 Å². The van der Waals surface area contributed by atoms with Crippen molar-refractivity contribution in [3.05, 3.63) is 64.0 Å². The van der Waals surface area contributed by atoms with Gasteiger partial charge in [-0.15, -0.1) is 0 Å². The summed E-state index contributed by atoms with van der Waals surface area (Å²) in [6, 6.07) is 10.1. The number of sulfonamides is 1. The van der Waals surface area contributed by atoms with E-state index in [9.17, 15) is 22.9 Å². The molecule has 2 aromatic carbocycles.